The second-order valence-corrected chi connectivity index (χ2v) is 4.87. The van der Waals surface area contributed by atoms with Crippen molar-refractivity contribution in [3.63, 3.8) is 0 Å². The van der Waals surface area contributed by atoms with Crippen LogP contribution < -0.4 is 11.1 Å². The predicted molar refractivity (Wildman–Crippen MR) is 69.4 cm³/mol. The first-order valence-electron chi connectivity index (χ1n) is 5.48. The number of nitrogens with zero attached hydrogens (tertiary/aromatic N) is 1. The zero-order valence-corrected chi connectivity index (χ0v) is 10.6. The van der Waals surface area contributed by atoms with Crippen LogP contribution in [-0.4, -0.2) is 30.9 Å². The van der Waals surface area contributed by atoms with Crippen molar-refractivity contribution in [3.05, 3.63) is 18.2 Å². The number of alkyl halides is 3. The van der Waals surface area contributed by atoms with E-state index in [0.29, 0.717) is 10.8 Å². The number of nitrogen functional groups attached to an aromatic ring is 1. The second-order valence-electron chi connectivity index (χ2n) is 3.84. The normalized spacial score (nSPS) is 11.9. The van der Waals surface area contributed by atoms with Crippen LogP contribution in [0.1, 0.15) is 0 Å². The highest BCUT2D eigenvalue weighted by Gasteiger charge is 2.27. The van der Waals surface area contributed by atoms with Crippen LogP contribution in [0.4, 0.5) is 24.0 Å². The lowest BCUT2D eigenvalue weighted by atomic mass is 10.3. The maximum absolute atomic E-state index is 11.8. The molecule has 1 aromatic carbocycles. The molecule has 0 amide bonds. The fourth-order valence-electron chi connectivity index (χ4n) is 1.43. The minimum Gasteiger partial charge on any atom is -0.399 e. The quantitative estimate of drug-likeness (QED) is 0.657. The summed E-state index contributed by atoms with van der Waals surface area (Å²) in [7, 11) is 0. The number of hydrogen-bond donors (Lipinski definition) is 2. The van der Waals surface area contributed by atoms with Gasteiger partial charge in [0.25, 0.3) is 0 Å². The number of rotatable bonds is 5. The SMILES string of the molecule is Nc1ccc2nc(NCCOCC(F)(F)F)sc2c1. The van der Waals surface area contributed by atoms with Gasteiger partial charge in [-0.05, 0) is 18.2 Å². The molecule has 0 bridgehead atoms. The van der Waals surface area contributed by atoms with Gasteiger partial charge in [-0.25, -0.2) is 4.98 Å². The molecule has 0 fully saturated rings. The van der Waals surface area contributed by atoms with Crippen LogP contribution in [0.15, 0.2) is 18.2 Å². The van der Waals surface area contributed by atoms with Crippen molar-refractivity contribution >= 4 is 32.4 Å². The summed E-state index contributed by atoms with van der Waals surface area (Å²) in [6.07, 6.45) is -4.28. The lowest BCUT2D eigenvalue weighted by molar-refractivity contribution is -0.172. The van der Waals surface area contributed by atoms with Gasteiger partial charge in [0.2, 0.25) is 0 Å². The minimum atomic E-state index is -4.28. The van der Waals surface area contributed by atoms with E-state index in [0.717, 1.165) is 10.2 Å². The van der Waals surface area contributed by atoms with Crippen LogP contribution in [0.5, 0.6) is 0 Å². The third-order valence-corrected chi connectivity index (χ3v) is 3.18. The average molecular weight is 291 g/mol. The number of thiazole rings is 1. The summed E-state index contributed by atoms with van der Waals surface area (Å²) >= 11 is 1.40. The van der Waals surface area contributed by atoms with Gasteiger partial charge in [0.15, 0.2) is 5.13 Å². The molecule has 0 atom stereocenters. The zero-order chi connectivity index (χ0) is 13.9. The van der Waals surface area contributed by atoms with Gasteiger partial charge in [0, 0.05) is 12.2 Å². The first-order chi connectivity index (χ1) is 8.94. The van der Waals surface area contributed by atoms with E-state index < -0.39 is 12.8 Å². The van der Waals surface area contributed by atoms with E-state index in [9.17, 15) is 13.2 Å². The number of anilines is 2. The van der Waals surface area contributed by atoms with Crippen molar-refractivity contribution in [2.75, 3.05) is 30.8 Å². The van der Waals surface area contributed by atoms with Crippen LogP contribution in [0, 0.1) is 0 Å². The number of fused-ring (bicyclic) bond motifs is 1. The topological polar surface area (TPSA) is 60.2 Å². The Labute approximate surface area is 111 Å². The lowest BCUT2D eigenvalue weighted by Gasteiger charge is -2.07. The average Bonchev–Trinajstić information content (AvgIpc) is 2.68. The summed E-state index contributed by atoms with van der Waals surface area (Å²) in [4.78, 5) is 4.27. The molecule has 8 heteroatoms. The van der Waals surface area contributed by atoms with Crippen LogP contribution in [0.25, 0.3) is 10.2 Å². The van der Waals surface area contributed by atoms with E-state index in [1.54, 1.807) is 18.2 Å². The molecule has 1 heterocycles. The molecule has 0 spiro atoms. The molecule has 104 valence electrons. The lowest BCUT2D eigenvalue weighted by Crippen LogP contribution is -2.20. The van der Waals surface area contributed by atoms with E-state index in [1.165, 1.54) is 11.3 Å². The van der Waals surface area contributed by atoms with Crippen LogP contribution in [0.2, 0.25) is 0 Å². The highest BCUT2D eigenvalue weighted by molar-refractivity contribution is 7.22. The summed E-state index contributed by atoms with van der Waals surface area (Å²) in [6, 6.07) is 5.35. The third-order valence-electron chi connectivity index (χ3n) is 2.20. The molecule has 4 nitrogen and oxygen atoms in total. The first kappa shape index (κ1) is 13.9. The Bertz CT molecular complexity index is 556. The third kappa shape index (κ3) is 4.25. The monoisotopic (exact) mass is 291 g/mol. The number of nitrogens with two attached hydrogens (primary N) is 1. The van der Waals surface area contributed by atoms with Gasteiger partial charge < -0.3 is 15.8 Å². The molecule has 3 N–H and O–H groups in total. The van der Waals surface area contributed by atoms with E-state index in [1.807, 2.05) is 0 Å². The summed E-state index contributed by atoms with van der Waals surface area (Å²) in [5.41, 5.74) is 7.10. The standard InChI is InChI=1S/C11H12F3N3OS/c12-11(13,14)6-18-4-3-16-10-17-8-2-1-7(15)5-9(8)19-10/h1-2,5H,3-4,6,15H2,(H,16,17). The van der Waals surface area contributed by atoms with Crippen LogP contribution in [0.3, 0.4) is 0 Å². The summed E-state index contributed by atoms with van der Waals surface area (Å²) in [5, 5.41) is 3.55. The van der Waals surface area contributed by atoms with Gasteiger partial charge in [0.05, 0.1) is 16.8 Å². The number of nitrogens with one attached hydrogen (secondary N) is 1. The highest BCUT2D eigenvalue weighted by atomic mass is 32.1. The Morgan fingerprint density at radius 3 is 2.89 bits per heavy atom. The Morgan fingerprint density at radius 1 is 1.37 bits per heavy atom. The van der Waals surface area contributed by atoms with Crippen LogP contribution in [-0.2, 0) is 4.74 Å². The van der Waals surface area contributed by atoms with Crippen molar-refractivity contribution in [2.45, 2.75) is 6.18 Å². The second kappa shape index (κ2) is 5.62. The van der Waals surface area contributed by atoms with Crippen LogP contribution >= 0.6 is 11.3 Å². The van der Waals surface area contributed by atoms with Crippen molar-refractivity contribution in [1.29, 1.82) is 0 Å². The molecule has 0 radical (unpaired) electrons. The Kier molecular flexibility index (Phi) is 4.11. The van der Waals surface area contributed by atoms with Gasteiger partial charge in [-0.2, -0.15) is 13.2 Å². The summed E-state index contributed by atoms with van der Waals surface area (Å²) in [5.74, 6) is 0. The number of halogens is 3. The Morgan fingerprint density at radius 2 is 2.16 bits per heavy atom. The Balaban J connectivity index is 1.82. The van der Waals surface area contributed by atoms with Gasteiger partial charge in [-0.3, -0.25) is 0 Å². The van der Waals surface area contributed by atoms with Gasteiger partial charge in [-0.15, -0.1) is 0 Å². The maximum atomic E-state index is 11.8. The first-order valence-corrected chi connectivity index (χ1v) is 6.30. The molecule has 19 heavy (non-hydrogen) atoms. The van der Waals surface area contributed by atoms with Gasteiger partial charge in [-0.1, -0.05) is 11.3 Å². The minimum absolute atomic E-state index is 0.0302. The summed E-state index contributed by atoms with van der Waals surface area (Å²) < 4.78 is 40.9. The van der Waals surface area contributed by atoms with E-state index in [4.69, 9.17) is 5.73 Å². The van der Waals surface area contributed by atoms with E-state index in [-0.39, 0.29) is 13.2 Å². The number of aromatic nitrogens is 1. The molecule has 2 aromatic rings. The molecule has 0 saturated heterocycles. The smallest absolute Gasteiger partial charge is 0.399 e. The predicted octanol–water partition coefficient (Wildman–Crippen LogP) is 2.87. The molecule has 1 aromatic heterocycles. The van der Waals surface area contributed by atoms with Crippen molar-refractivity contribution in [3.8, 4) is 0 Å². The Hall–Kier alpha value is -1.54. The highest BCUT2D eigenvalue weighted by Crippen LogP contribution is 2.27. The molecule has 0 saturated carbocycles. The molecule has 0 aliphatic rings. The zero-order valence-electron chi connectivity index (χ0n) is 9.83. The molecule has 0 aliphatic carbocycles. The largest absolute Gasteiger partial charge is 0.411 e. The van der Waals surface area contributed by atoms with Crippen molar-refractivity contribution < 1.29 is 17.9 Å². The van der Waals surface area contributed by atoms with Gasteiger partial charge >= 0.3 is 6.18 Å². The fraction of sp³-hybridized carbons (Fsp3) is 0.364. The van der Waals surface area contributed by atoms with Gasteiger partial charge in [0.1, 0.15) is 6.61 Å². The summed E-state index contributed by atoms with van der Waals surface area (Å²) in [6.45, 7) is -0.992. The van der Waals surface area contributed by atoms with E-state index in [2.05, 4.69) is 15.0 Å². The van der Waals surface area contributed by atoms with Crippen molar-refractivity contribution in [1.82, 2.24) is 4.98 Å². The molecule has 2 rings (SSSR count). The molecule has 0 unspecified atom stereocenters. The maximum Gasteiger partial charge on any atom is 0.411 e. The number of benzene rings is 1. The molecule has 0 aliphatic heterocycles. The van der Waals surface area contributed by atoms with Crippen molar-refractivity contribution in [2.24, 2.45) is 0 Å². The molecular weight excluding hydrogens is 279 g/mol. The number of ether oxygens (including phenoxy) is 1. The number of hydrogen-bond acceptors (Lipinski definition) is 5. The molecular formula is C11H12F3N3OS. The fourth-order valence-corrected chi connectivity index (χ4v) is 2.37. The van der Waals surface area contributed by atoms with E-state index >= 15 is 0 Å².